The lowest BCUT2D eigenvalue weighted by Gasteiger charge is -2.07. The van der Waals surface area contributed by atoms with Gasteiger partial charge in [-0.3, -0.25) is 0 Å². The predicted octanol–water partition coefficient (Wildman–Crippen LogP) is 2.21. The third-order valence-electron chi connectivity index (χ3n) is 1.64. The monoisotopic (exact) mass is 177 g/mol. The topological polar surface area (TPSA) is 26.5 Å². The zero-order chi connectivity index (χ0) is 9.35. The second-order valence-electron chi connectivity index (χ2n) is 2.46. The Morgan fingerprint density at radius 2 is 1.92 bits per heavy atom. The molecular weight excluding hydrogens is 169 g/mol. The van der Waals surface area contributed by atoms with Crippen molar-refractivity contribution in [2.75, 3.05) is 0 Å². The maximum Gasteiger partial charge on any atom is 0.435 e. The predicted molar refractivity (Wildman–Crippen MR) is 38.6 cm³/mol. The summed E-state index contributed by atoms with van der Waals surface area (Å²) in [6, 6.07) is 0. The Labute approximate surface area is 68.1 Å². The highest BCUT2D eigenvalue weighted by atomic mass is 19.4. The van der Waals surface area contributed by atoms with Gasteiger partial charge in [0.25, 0.3) is 0 Å². The van der Waals surface area contributed by atoms with Gasteiger partial charge in [-0.25, -0.2) is 0 Å². The summed E-state index contributed by atoms with van der Waals surface area (Å²) < 4.78 is 36.4. The maximum absolute atomic E-state index is 12.1. The van der Waals surface area contributed by atoms with Crippen molar-refractivity contribution in [2.45, 2.75) is 26.4 Å². The standard InChI is InChI=1S/C7H8F3N2/c1-3-5-4(2)11-12-6(5)7(8,9)10/h3H2,1-2H3. The SMILES string of the molecule is CCC1=C(C(F)(F)F)[N]N=C1C. The fraction of sp³-hybridized carbons (Fsp3) is 0.571. The van der Waals surface area contributed by atoms with E-state index in [4.69, 9.17) is 0 Å². The van der Waals surface area contributed by atoms with Gasteiger partial charge < -0.3 is 0 Å². The Bertz CT molecular complexity index is 250. The molecule has 0 aromatic carbocycles. The van der Waals surface area contributed by atoms with Crippen LogP contribution >= 0.6 is 0 Å². The Balaban J connectivity index is 3.00. The highest BCUT2D eigenvalue weighted by Crippen LogP contribution is 2.31. The fourth-order valence-corrected chi connectivity index (χ4v) is 1.07. The molecular formula is C7H8F3N2. The van der Waals surface area contributed by atoms with Gasteiger partial charge >= 0.3 is 6.18 Å². The lowest BCUT2D eigenvalue weighted by atomic mass is 10.1. The minimum Gasteiger partial charge on any atom is -0.164 e. The van der Waals surface area contributed by atoms with E-state index in [1.807, 2.05) is 0 Å². The fourth-order valence-electron chi connectivity index (χ4n) is 1.07. The summed E-state index contributed by atoms with van der Waals surface area (Å²) in [5.41, 5.74) is 2.80. The molecule has 0 aromatic rings. The molecule has 1 radical (unpaired) electrons. The number of halogens is 3. The van der Waals surface area contributed by atoms with Crippen LogP contribution in [0.25, 0.3) is 0 Å². The van der Waals surface area contributed by atoms with E-state index in [1.165, 1.54) is 6.92 Å². The van der Waals surface area contributed by atoms with E-state index >= 15 is 0 Å². The summed E-state index contributed by atoms with van der Waals surface area (Å²) in [5.74, 6) is 0. The van der Waals surface area contributed by atoms with Crippen molar-refractivity contribution in [3.05, 3.63) is 11.3 Å². The van der Waals surface area contributed by atoms with Crippen LogP contribution < -0.4 is 5.43 Å². The van der Waals surface area contributed by atoms with Gasteiger partial charge in [0.2, 0.25) is 0 Å². The van der Waals surface area contributed by atoms with E-state index in [-0.39, 0.29) is 5.57 Å². The first kappa shape index (κ1) is 9.09. The first-order valence-electron chi connectivity index (χ1n) is 3.52. The maximum atomic E-state index is 12.1. The van der Waals surface area contributed by atoms with Crippen molar-refractivity contribution in [1.29, 1.82) is 0 Å². The van der Waals surface area contributed by atoms with Crippen molar-refractivity contribution in [3.63, 3.8) is 0 Å². The van der Waals surface area contributed by atoms with E-state index in [0.717, 1.165) is 0 Å². The average molecular weight is 177 g/mol. The summed E-state index contributed by atoms with van der Waals surface area (Å²) in [5, 5.41) is 3.38. The molecule has 0 aliphatic carbocycles. The van der Waals surface area contributed by atoms with Crippen LogP contribution in [-0.4, -0.2) is 11.9 Å². The van der Waals surface area contributed by atoms with Crippen molar-refractivity contribution in [2.24, 2.45) is 5.10 Å². The Morgan fingerprint density at radius 3 is 2.25 bits per heavy atom. The second kappa shape index (κ2) is 2.80. The van der Waals surface area contributed by atoms with E-state index in [9.17, 15) is 13.2 Å². The van der Waals surface area contributed by atoms with Crippen molar-refractivity contribution >= 4 is 5.71 Å². The van der Waals surface area contributed by atoms with Gasteiger partial charge in [0.15, 0.2) is 5.70 Å². The van der Waals surface area contributed by atoms with E-state index in [2.05, 4.69) is 10.5 Å². The van der Waals surface area contributed by atoms with Gasteiger partial charge in [-0.1, -0.05) is 6.92 Å². The molecule has 1 rings (SSSR count). The lowest BCUT2D eigenvalue weighted by molar-refractivity contribution is -0.0971. The Hall–Kier alpha value is -1.00. The molecule has 5 heteroatoms. The van der Waals surface area contributed by atoms with Crippen LogP contribution in [0.2, 0.25) is 0 Å². The van der Waals surface area contributed by atoms with E-state index in [1.54, 1.807) is 6.92 Å². The van der Waals surface area contributed by atoms with Gasteiger partial charge in [0.05, 0.1) is 5.71 Å². The van der Waals surface area contributed by atoms with Gasteiger partial charge in [-0.15, -0.1) is 5.43 Å². The molecule has 0 saturated heterocycles. The Kier molecular flexibility index (Phi) is 2.12. The normalized spacial score (nSPS) is 17.9. The molecule has 0 atom stereocenters. The van der Waals surface area contributed by atoms with E-state index in [0.29, 0.717) is 12.1 Å². The molecule has 0 unspecified atom stereocenters. The van der Waals surface area contributed by atoms with Crippen LogP contribution in [-0.2, 0) is 0 Å². The van der Waals surface area contributed by atoms with Crippen molar-refractivity contribution in [1.82, 2.24) is 5.43 Å². The molecule has 12 heavy (non-hydrogen) atoms. The third kappa shape index (κ3) is 1.44. The summed E-state index contributed by atoms with van der Waals surface area (Å²) in [6.45, 7) is 3.18. The van der Waals surface area contributed by atoms with Gasteiger partial charge in [0, 0.05) is 5.57 Å². The summed E-state index contributed by atoms with van der Waals surface area (Å²) in [7, 11) is 0. The molecule has 1 aliphatic rings. The summed E-state index contributed by atoms with van der Waals surface area (Å²) in [4.78, 5) is 0. The molecule has 0 amide bonds. The van der Waals surface area contributed by atoms with Crippen molar-refractivity contribution < 1.29 is 13.2 Å². The highest BCUT2D eigenvalue weighted by Gasteiger charge is 2.40. The molecule has 0 spiro atoms. The zero-order valence-corrected chi connectivity index (χ0v) is 6.74. The third-order valence-corrected chi connectivity index (χ3v) is 1.64. The largest absolute Gasteiger partial charge is 0.435 e. The van der Waals surface area contributed by atoms with Gasteiger partial charge in [0.1, 0.15) is 0 Å². The molecule has 0 fully saturated rings. The smallest absolute Gasteiger partial charge is 0.164 e. The molecule has 0 saturated carbocycles. The molecule has 0 aromatic heterocycles. The summed E-state index contributed by atoms with van der Waals surface area (Å²) in [6.07, 6.45) is -4.06. The molecule has 1 heterocycles. The number of rotatable bonds is 1. The molecule has 2 nitrogen and oxygen atoms in total. The summed E-state index contributed by atoms with van der Waals surface area (Å²) >= 11 is 0. The number of allylic oxidation sites excluding steroid dienone is 2. The molecule has 0 bridgehead atoms. The second-order valence-corrected chi connectivity index (χ2v) is 2.46. The highest BCUT2D eigenvalue weighted by molar-refractivity contribution is 6.00. The van der Waals surface area contributed by atoms with Crippen LogP contribution in [0.15, 0.2) is 16.4 Å². The Morgan fingerprint density at radius 1 is 1.33 bits per heavy atom. The van der Waals surface area contributed by atoms with Gasteiger partial charge in [-0.2, -0.15) is 18.3 Å². The zero-order valence-electron chi connectivity index (χ0n) is 6.74. The molecule has 0 N–H and O–H groups in total. The van der Waals surface area contributed by atoms with Gasteiger partial charge in [-0.05, 0) is 13.3 Å². The number of hydrogen-bond donors (Lipinski definition) is 0. The lowest BCUT2D eigenvalue weighted by Crippen LogP contribution is -2.17. The van der Waals surface area contributed by atoms with Crippen LogP contribution in [0, 0.1) is 0 Å². The minimum absolute atomic E-state index is 0.197. The number of nitrogens with zero attached hydrogens (tertiary/aromatic N) is 2. The minimum atomic E-state index is -4.37. The quantitative estimate of drug-likeness (QED) is 0.587. The first-order chi connectivity index (χ1) is 5.46. The molecule has 1 aliphatic heterocycles. The van der Waals surface area contributed by atoms with E-state index < -0.39 is 11.9 Å². The van der Waals surface area contributed by atoms with Crippen LogP contribution in [0.5, 0.6) is 0 Å². The number of alkyl halides is 3. The van der Waals surface area contributed by atoms with Crippen LogP contribution in [0.4, 0.5) is 13.2 Å². The average Bonchev–Trinajstić information content (AvgIpc) is 2.29. The first-order valence-corrected chi connectivity index (χ1v) is 3.52. The number of hydrogen-bond acceptors (Lipinski definition) is 1. The van der Waals surface area contributed by atoms with Crippen LogP contribution in [0.3, 0.4) is 0 Å². The van der Waals surface area contributed by atoms with Crippen molar-refractivity contribution in [3.8, 4) is 0 Å². The van der Waals surface area contributed by atoms with Crippen LogP contribution in [0.1, 0.15) is 20.3 Å². The molecule has 67 valence electrons.